The summed E-state index contributed by atoms with van der Waals surface area (Å²) in [6, 6.07) is 0. The molecule has 0 aromatic carbocycles. The fraction of sp³-hybridized carbons (Fsp3) is 0.944. The number of carbonyl (C=O) groups is 1. The van der Waals surface area contributed by atoms with Crippen LogP contribution in [0.5, 0.6) is 0 Å². The van der Waals surface area contributed by atoms with E-state index in [-0.39, 0.29) is 19.3 Å². The van der Waals surface area contributed by atoms with Crippen LogP contribution in [-0.2, 0) is 4.79 Å². The summed E-state index contributed by atoms with van der Waals surface area (Å²) < 4.78 is 27.2. The lowest BCUT2D eigenvalue weighted by atomic mass is 10.0. The van der Waals surface area contributed by atoms with E-state index in [9.17, 15) is 13.6 Å². The van der Waals surface area contributed by atoms with Gasteiger partial charge in [-0.1, -0.05) is 64.7 Å². The molecule has 1 N–H and O–H groups in total. The number of carboxylic acids is 1. The lowest BCUT2D eigenvalue weighted by molar-refractivity contribution is -0.137. The van der Waals surface area contributed by atoms with Crippen molar-refractivity contribution in [2.24, 2.45) is 0 Å². The van der Waals surface area contributed by atoms with E-state index < -0.39 is 11.9 Å². The number of unbranched alkanes of at least 4 members (excludes halogenated alkanes) is 10. The molecule has 0 radical (unpaired) electrons. The van der Waals surface area contributed by atoms with Crippen molar-refractivity contribution in [1.82, 2.24) is 0 Å². The molecule has 0 fully saturated rings. The molecule has 0 spiro atoms. The molecule has 0 aliphatic carbocycles. The van der Waals surface area contributed by atoms with Crippen LogP contribution in [0, 0.1) is 0 Å². The summed E-state index contributed by atoms with van der Waals surface area (Å²) in [6.07, 6.45) is 11.5. The van der Waals surface area contributed by atoms with Crippen LogP contribution in [0.4, 0.5) is 8.78 Å². The summed E-state index contributed by atoms with van der Waals surface area (Å²) in [6.45, 7) is 2.09. The Balaban J connectivity index is 3.31. The topological polar surface area (TPSA) is 37.3 Å². The summed E-state index contributed by atoms with van der Waals surface area (Å²) in [7, 11) is 0. The Labute approximate surface area is 134 Å². The van der Waals surface area contributed by atoms with E-state index in [1.54, 1.807) is 0 Å². The molecule has 0 aromatic heterocycles. The molecule has 0 bridgehead atoms. The number of aliphatic carboxylic acids is 1. The van der Waals surface area contributed by atoms with Gasteiger partial charge in [-0.25, -0.2) is 8.78 Å². The first-order valence-corrected chi connectivity index (χ1v) is 9.07. The van der Waals surface area contributed by atoms with Crippen LogP contribution in [0.15, 0.2) is 0 Å². The highest BCUT2D eigenvalue weighted by Crippen LogP contribution is 2.28. The molecule has 22 heavy (non-hydrogen) atoms. The molecule has 0 saturated carbocycles. The van der Waals surface area contributed by atoms with E-state index in [0.717, 1.165) is 64.2 Å². The molecule has 4 heteroatoms. The Morgan fingerprint density at radius 3 is 1.64 bits per heavy atom. The number of carboxylic acid groups (broad SMARTS) is 1. The third kappa shape index (κ3) is 15.7. The first kappa shape index (κ1) is 21.3. The zero-order valence-corrected chi connectivity index (χ0v) is 14.2. The lowest BCUT2D eigenvalue weighted by Crippen LogP contribution is -2.15. The van der Waals surface area contributed by atoms with Crippen molar-refractivity contribution in [3.05, 3.63) is 0 Å². The maximum absolute atomic E-state index is 13.6. The van der Waals surface area contributed by atoms with Gasteiger partial charge in [0.15, 0.2) is 0 Å². The fourth-order valence-electron chi connectivity index (χ4n) is 2.66. The minimum Gasteiger partial charge on any atom is -0.481 e. The Morgan fingerprint density at radius 2 is 1.18 bits per heavy atom. The predicted octanol–water partition coefficient (Wildman–Crippen LogP) is 6.58. The van der Waals surface area contributed by atoms with E-state index in [0.29, 0.717) is 12.8 Å². The lowest BCUT2D eigenvalue weighted by Gasteiger charge is -2.15. The summed E-state index contributed by atoms with van der Waals surface area (Å²) in [5.74, 6) is -3.19. The number of hydrogen-bond acceptors (Lipinski definition) is 1. The smallest absolute Gasteiger partial charge is 0.303 e. The average molecular weight is 320 g/mol. The molecule has 0 atom stereocenters. The molecule has 132 valence electrons. The van der Waals surface area contributed by atoms with Gasteiger partial charge in [0, 0.05) is 19.3 Å². The Morgan fingerprint density at radius 1 is 0.773 bits per heavy atom. The molecular weight excluding hydrogens is 286 g/mol. The van der Waals surface area contributed by atoms with E-state index in [4.69, 9.17) is 5.11 Å². The van der Waals surface area contributed by atoms with Crippen molar-refractivity contribution >= 4 is 5.97 Å². The highest BCUT2D eigenvalue weighted by molar-refractivity contribution is 5.66. The molecule has 0 saturated heterocycles. The summed E-state index contributed by atoms with van der Waals surface area (Å²) >= 11 is 0. The van der Waals surface area contributed by atoms with Gasteiger partial charge < -0.3 is 5.11 Å². The van der Waals surface area contributed by atoms with Gasteiger partial charge in [0.25, 0.3) is 0 Å². The van der Waals surface area contributed by atoms with Gasteiger partial charge in [0.1, 0.15) is 0 Å². The van der Waals surface area contributed by atoms with Crippen LogP contribution >= 0.6 is 0 Å². The highest BCUT2D eigenvalue weighted by Gasteiger charge is 2.26. The first-order valence-electron chi connectivity index (χ1n) is 9.07. The van der Waals surface area contributed by atoms with Crippen molar-refractivity contribution in [3.63, 3.8) is 0 Å². The molecule has 0 aliphatic rings. The molecule has 0 heterocycles. The largest absolute Gasteiger partial charge is 0.481 e. The second-order valence-electron chi connectivity index (χ2n) is 6.39. The zero-order valence-electron chi connectivity index (χ0n) is 14.2. The fourth-order valence-corrected chi connectivity index (χ4v) is 2.66. The molecule has 0 aromatic rings. The minimum absolute atomic E-state index is 0.0394. The second-order valence-corrected chi connectivity index (χ2v) is 6.39. The zero-order chi connectivity index (χ0) is 16.7. The quantitative estimate of drug-likeness (QED) is 0.326. The third-order valence-corrected chi connectivity index (χ3v) is 4.08. The van der Waals surface area contributed by atoms with E-state index in [1.807, 2.05) is 0 Å². The normalized spacial score (nSPS) is 11.8. The maximum atomic E-state index is 13.6. The number of hydrogen-bond donors (Lipinski definition) is 1. The summed E-state index contributed by atoms with van der Waals surface area (Å²) in [5, 5.41) is 8.50. The number of rotatable bonds is 16. The Kier molecular flexibility index (Phi) is 13.5. The Bertz CT molecular complexity index is 268. The third-order valence-electron chi connectivity index (χ3n) is 4.08. The summed E-state index contributed by atoms with van der Waals surface area (Å²) in [4.78, 5) is 10.3. The minimum atomic E-state index is -2.47. The van der Waals surface area contributed by atoms with Gasteiger partial charge in [-0.15, -0.1) is 0 Å². The SMILES string of the molecule is CCCCCCC(F)(F)CCCCCCCCCCC(=O)O. The molecule has 2 nitrogen and oxygen atoms in total. The van der Waals surface area contributed by atoms with Crippen molar-refractivity contribution in [3.8, 4) is 0 Å². The first-order chi connectivity index (χ1) is 10.5. The van der Waals surface area contributed by atoms with Gasteiger partial charge in [-0.2, -0.15) is 0 Å². The van der Waals surface area contributed by atoms with Crippen LogP contribution in [0.1, 0.15) is 103 Å². The van der Waals surface area contributed by atoms with E-state index >= 15 is 0 Å². The predicted molar refractivity (Wildman–Crippen MR) is 87.5 cm³/mol. The summed E-state index contributed by atoms with van der Waals surface area (Å²) in [5.41, 5.74) is 0. The van der Waals surface area contributed by atoms with E-state index in [2.05, 4.69) is 6.92 Å². The second kappa shape index (κ2) is 14.0. The van der Waals surface area contributed by atoms with Crippen molar-refractivity contribution in [1.29, 1.82) is 0 Å². The van der Waals surface area contributed by atoms with Gasteiger partial charge >= 0.3 is 5.97 Å². The van der Waals surface area contributed by atoms with Crippen LogP contribution in [-0.4, -0.2) is 17.0 Å². The van der Waals surface area contributed by atoms with Crippen LogP contribution < -0.4 is 0 Å². The number of alkyl halides is 2. The van der Waals surface area contributed by atoms with Crippen molar-refractivity contribution < 1.29 is 18.7 Å². The van der Waals surface area contributed by atoms with Crippen LogP contribution in [0.3, 0.4) is 0 Å². The molecular formula is C18H34F2O2. The van der Waals surface area contributed by atoms with Gasteiger partial charge in [-0.3, -0.25) is 4.79 Å². The molecule has 0 rings (SSSR count). The molecule has 0 aliphatic heterocycles. The monoisotopic (exact) mass is 320 g/mol. The van der Waals surface area contributed by atoms with Crippen molar-refractivity contribution in [2.45, 2.75) is 109 Å². The molecule has 0 unspecified atom stereocenters. The maximum Gasteiger partial charge on any atom is 0.303 e. The Hall–Kier alpha value is -0.670. The van der Waals surface area contributed by atoms with Gasteiger partial charge in [0.05, 0.1) is 0 Å². The molecule has 0 amide bonds. The standard InChI is InChI=1S/C18H34F2O2/c1-2-3-4-12-15-18(19,20)16-13-10-8-6-5-7-9-11-14-17(21)22/h2-16H2,1H3,(H,21,22). The van der Waals surface area contributed by atoms with E-state index in [1.165, 1.54) is 0 Å². The van der Waals surface area contributed by atoms with Crippen molar-refractivity contribution in [2.75, 3.05) is 0 Å². The van der Waals surface area contributed by atoms with Gasteiger partial charge in [0.2, 0.25) is 5.92 Å². The average Bonchev–Trinajstić information content (AvgIpc) is 2.45. The van der Waals surface area contributed by atoms with Crippen LogP contribution in [0.2, 0.25) is 0 Å². The highest BCUT2D eigenvalue weighted by atomic mass is 19.3. The number of halogens is 2. The van der Waals surface area contributed by atoms with Crippen LogP contribution in [0.25, 0.3) is 0 Å². The van der Waals surface area contributed by atoms with Gasteiger partial charge in [-0.05, 0) is 19.3 Å².